The van der Waals surface area contributed by atoms with Crippen LogP contribution in [0.15, 0.2) is 22.7 Å². The number of nitrogens with zero attached hydrogens (tertiary/aromatic N) is 1. The molecule has 0 atom stereocenters. The highest BCUT2D eigenvalue weighted by molar-refractivity contribution is 9.10. The van der Waals surface area contributed by atoms with Gasteiger partial charge in [0.2, 0.25) is 0 Å². The van der Waals surface area contributed by atoms with Gasteiger partial charge in [-0.3, -0.25) is 4.79 Å². The molecule has 0 aromatic heterocycles. The second-order valence-corrected chi connectivity index (χ2v) is 5.81. The zero-order valence-corrected chi connectivity index (χ0v) is 12.4. The van der Waals surface area contributed by atoms with Gasteiger partial charge in [0.25, 0.3) is 0 Å². The molecule has 1 fully saturated rings. The van der Waals surface area contributed by atoms with Crippen LogP contribution >= 0.6 is 15.9 Å². The molecule has 0 bridgehead atoms. The Morgan fingerprint density at radius 3 is 2.67 bits per heavy atom. The maximum absolute atomic E-state index is 11.2. The Morgan fingerprint density at radius 2 is 2.06 bits per heavy atom. The topological polar surface area (TPSA) is 20.3 Å². The van der Waals surface area contributed by atoms with E-state index in [9.17, 15) is 4.79 Å². The van der Waals surface area contributed by atoms with Gasteiger partial charge in [0.15, 0.2) is 6.29 Å². The molecule has 3 heteroatoms. The van der Waals surface area contributed by atoms with Crippen molar-refractivity contribution in [2.24, 2.45) is 0 Å². The number of benzene rings is 1. The average Bonchev–Trinajstić information content (AvgIpc) is 2.41. The predicted molar refractivity (Wildman–Crippen MR) is 79.4 cm³/mol. The maximum Gasteiger partial charge on any atom is 0.152 e. The summed E-state index contributed by atoms with van der Waals surface area (Å²) in [5, 5.41) is 0. The summed E-state index contributed by atoms with van der Waals surface area (Å²) in [5.41, 5.74) is 1.87. The Labute approximate surface area is 117 Å². The lowest BCUT2D eigenvalue weighted by atomic mass is 9.93. The molecule has 2 rings (SSSR count). The monoisotopic (exact) mass is 309 g/mol. The van der Waals surface area contributed by atoms with Crippen molar-refractivity contribution in [3.63, 3.8) is 0 Å². The summed E-state index contributed by atoms with van der Waals surface area (Å²) in [7, 11) is 0. The Balaban J connectivity index is 2.30. The fraction of sp³-hybridized carbons (Fsp3) is 0.533. The van der Waals surface area contributed by atoms with Crippen molar-refractivity contribution in [3.8, 4) is 0 Å². The third kappa shape index (κ3) is 2.94. The minimum atomic E-state index is 0.594. The molecule has 2 nitrogen and oxygen atoms in total. The number of halogens is 1. The van der Waals surface area contributed by atoms with Crippen molar-refractivity contribution in [1.29, 1.82) is 0 Å². The lowest BCUT2D eigenvalue weighted by Crippen LogP contribution is -2.37. The van der Waals surface area contributed by atoms with Gasteiger partial charge >= 0.3 is 0 Å². The van der Waals surface area contributed by atoms with E-state index in [1.807, 2.05) is 12.1 Å². The van der Waals surface area contributed by atoms with Gasteiger partial charge in [-0.05, 0) is 38.0 Å². The van der Waals surface area contributed by atoms with Crippen LogP contribution in [0.4, 0.5) is 5.69 Å². The number of carbonyl (C=O) groups excluding carboxylic acids is 1. The number of aldehydes is 1. The van der Waals surface area contributed by atoms with Gasteiger partial charge in [0.1, 0.15) is 0 Å². The van der Waals surface area contributed by atoms with Gasteiger partial charge in [-0.15, -0.1) is 0 Å². The van der Waals surface area contributed by atoms with Crippen molar-refractivity contribution in [2.45, 2.75) is 45.1 Å². The van der Waals surface area contributed by atoms with Crippen molar-refractivity contribution in [3.05, 3.63) is 28.2 Å². The molecule has 0 radical (unpaired) electrons. The summed E-state index contributed by atoms with van der Waals surface area (Å²) in [6.07, 6.45) is 7.44. The highest BCUT2D eigenvalue weighted by Crippen LogP contribution is 2.30. The normalized spacial score (nSPS) is 16.6. The van der Waals surface area contributed by atoms with Crippen LogP contribution in [0.25, 0.3) is 0 Å². The highest BCUT2D eigenvalue weighted by atomic mass is 79.9. The van der Waals surface area contributed by atoms with Gasteiger partial charge in [-0.1, -0.05) is 35.2 Å². The van der Waals surface area contributed by atoms with E-state index in [0.29, 0.717) is 6.04 Å². The number of hydrogen-bond donors (Lipinski definition) is 0. The van der Waals surface area contributed by atoms with E-state index in [1.165, 1.54) is 32.1 Å². The zero-order chi connectivity index (χ0) is 13.0. The third-order valence-electron chi connectivity index (χ3n) is 3.79. The molecule has 1 aliphatic rings. The lowest BCUT2D eigenvalue weighted by molar-refractivity contribution is 0.112. The van der Waals surface area contributed by atoms with Gasteiger partial charge < -0.3 is 4.90 Å². The molecule has 18 heavy (non-hydrogen) atoms. The first-order valence-electron chi connectivity index (χ1n) is 6.77. The van der Waals surface area contributed by atoms with Crippen molar-refractivity contribution in [2.75, 3.05) is 11.4 Å². The van der Waals surface area contributed by atoms with Crippen molar-refractivity contribution in [1.82, 2.24) is 0 Å². The Hall–Kier alpha value is -0.830. The van der Waals surface area contributed by atoms with E-state index in [0.717, 1.165) is 28.6 Å². The van der Waals surface area contributed by atoms with Crippen LogP contribution in [-0.2, 0) is 0 Å². The molecule has 0 unspecified atom stereocenters. The van der Waals surface area contributed by atoms with Gasteiger partial charge in [-0.2, -0.15) is 0 Å². The molecule has 1 aliphatic carbocycles. The number of carbonyl (C=O) groups is 1. The summed E-state index contributed by atoms with van der Waals surface area (Å²) >= 11 is 3.50. The summed E-state index contributed by atoms with van der Waals surface area (Å²) in [6.45, 7) is 3.13. The molecule has 1 aromatic rings. The minimum absolute atomic E-state index is 0.594. The molecule has 0 saturated heterocycles. The van der Waals surface area contributed by atoms with Crippen LogP contribution in [0.5, 0.6) is 0 Å². The summed E-state index contributed by atoms with van der Waals surface area (Å²) in [5.74, 6) is 0. The highest BCUT2D eigenvalue weighted by Gasteiger charge is 2.22. The molecule has 0 amide bonds. The second kappa shape index (κ2) is 6.37. The van der Waals surface area contributed by atoms with Crippen LogP contribution in [0.1, 0.15) is 49.4 Å². The fourth-order valence-electron chi connectivity index (χ4n) is 2.88. The maximum atomic E-state index is 11.2. The minimum Gasteiger partial charge on any atom is -0.368 e. The van der Waals surface area contributed by atoms with E-state index < -0.39 is 0 Å². The molecular formula is C15H20BrNO. The first-order valence-corrected chi connectivity index (χ1v) is 7.57. The fourth-order valence-corrected chi connectivity index (χ4v) is 3.23. The van der Waals surface area contributed by atoms with Crippen molar-refractivity contribution < 1.29 is 4.79 Å². The third-order valence-corrected chi connectivity index (χ3v) is 4.28. The first kappa shape index (κ1) is 13.6. The van der Waals surface area contributed by atoms with Gasteiger partial charge in [0, 0.05) is 28.3 Å². The molecule has 1 aromatic carbocycles. The van der Waals surface area contributed by atoms with E-state index in [1.54, 1.807) is 0 Å². The van der Waals surface area contributed by atoms with E-state index in [4.69, 9.17) is 0 Å². The van der Waals surface area contributed by atoms with Crippen LogP contribution in [-0.4, -0.2) is 18.9 Å². The Morgan fingerprint density at radius 1 is 1.33 bits per heavy atom. The average molecular weight is 310 g/mol. The molecule has 0 N–H and O–H groups in total. The summed E-state index contributed by atoms with van der Waals surface area (Å²) in [6, 6.07) is 6.50. The SMILES string of the molecule is CCN(c1cc(Br)ccc1C=O)C1CCCCC1. The smallest absolute Gasteiger partial charge is 0.152 e. The molecule has 1 saturated carbocycles. The Bertz CT molecular complexity index is 413. The van der Waals surface area contributed by atoms with Crippen LogP contribution in [0.2, 0.25) is 0 Å². The van der Waals surface area contributed by atoms with Gasteiger partial charge in [0.05, 0.1) is 0 Å². The standard InChI is InChI=1S/C15H20BrNO/c1-2-17(14-6-4-3-5-7-14)15-10-13(16)9-8-12(15)11-18/h8-11,14H,2-7H2,1H3. The Kier molecular flexibility index (Phi) is 4.81. The molecule has 0 spiro atoms. The second-order valence-electron chi connectivity index (χ2n) is 4.90. The predicted octanol–water partition coefficient (Wildman–Crippen LogP) is 4.42. The molecule has 98 valence electrons. The van der Waals surface area contributed by atoms with Gasteiger partial charge in [-0.25, -0.2) is 0 Å². The summed E-state index contributed by atoms with van der Waals surface area (Å²) < 4.78 is 1.04. The van der Waals surface area contributed by atoms with Crippen LogP contribution in [0, 0.1) is 0 Å². The van der Waals surface area contributed by atoms with Crippen LogP contribution < -0.4 is 4.90 Å². The lowest BCUT2D eigenvalue weighted by Gasteiger charge is -2.36. The number of rotatable bonds is 4. The van der Waals surface area contributed by atoms with Crippen LogP contribution in [0.3, 0.4) is 0 Å². The summed E-state index contributed by atoms with van der Waals surface area (Å²) in [4.78, 5) is 13.6. The van der Waals surface area contributed by atoms with E-state index >= 15 is 0 Å². The largest absolute Gasteiger partial charge is 0.368 e. The van der Waals surface area contributed by atoms with Crippen molar-refractivity contribution >= 4 is 27.9 Å². The van der Waals surface area contributed by atoms with E-state index in [2.05, 4.69) is 33.8 Å². The van der Waals surface area contributed by atoms with E-state index in [-0.39, 0.29) is 0 Å². The zero-order valence-electron chi connectivity index (χ0n) is 10.9. The first-order chi connectivity index (χ1) is 8.76. The number of anilines is 1. The molecular weight excluding hydrogens is 290 g/mol. The molecule has 0 aliphatic heterocycles. The quantitative estimate of drug-likeness (QED) is 0.767. The molecule has 0 heterocycles. The number of hydrogen-bond acceptors (Lipinski definition) is 2.